The predicted molar refractivity (Wildman–Crippen MR) is 105 cm³/mol. The highest BCUT2D eigenvalue weighted by atomic mass is 32.2. The van der Waals surface area contributed by atoms with Gasteiger partial charge in [0.1, 0.15) is 0 Å². The first-order valence-corrected chi connectivity index (χ1v) is 9.92. The lowest BCUT2D eigenvalue weighted by molar-refractivity contribution is 0.0950. The highest BCUT2D eigenvalue weighted by Gasteiger charge is 2.15. The van der Waals surface area contributed by atoms with Crippen LogP contribution in [0.5, 0.6) is 0 Å². The van der Waals surface area contributed by atoms with Crippen LogP contribution < -0.4 is 10.0 Å². The highest BCUT2D eigenvalue weighted by Crippen LogP contribution is 2.16. The van der Waals surface area contributed by atoms with Gasteiger partial charge in [-0.25, -0.2) is 8.42 Å². The summed E-state index contributed by atoms with van der Waals surface area (Å²) in [4.78, 5) is 12.4. The molecule has 3 aromatic rings. The molecule has 0 bridgehead atoms. The van der Waals surface area contributed by atoms with Crippen molar-refractivity contribution in [3.05, 3.63) is 83.7 Å². The molecule has 0 saturated carbocycles. The number of sulfonamides is 1. The van der Waals surface area contributed by atoms with Gasteiger partial charge in [-0.3, -0.25) is 9.52 Å². The standard InChI is InChI=1S/C20H21N3O3S/c1-15-8-11-18(23(15)2)14-21-20(24)16-9-12-19(13-10-16)27(25,26)22-17-6-4-3-5-7-17/h3-13,22H,14H2,1-2H3,(H,21,24). The third kappa shape index (κ3) is 4.38. The smallest absolute Gasteiger partial charge is 0.261 e. The summed E-state index contributed by atoms with van der Waals surface area (Å²) in [7, 11) is -1.76. The van der Waals surface area contributed by atoms with Gasteiger partial charge in [0.2, 0.25) is 0 Å². The van der Waals surface area contributed by atoms with Gasteiger partial charge in [0.25, 0.3) is 15.9 Å². The van der Waals surface area contributed by atoms with Gasteiger partial charge < -0.3 is 9.88 Å². The fourth-order valence-electron chi connectivity index (χ4n) is 2.62. The van der Waals surface area contributed by atoms with Crippen molar-refractivity contribution < 1.29 is 13.2 Å². The van der Waals surface area contributed by atoms with E-state index in [0.29, 0.717) is 17.8 Å². The van der Waals surface area contributed by atoms with Gasteiger partial charge in [-0.05, 0) is 55.5 Å². The molecule has 0 saturated heterocycles. The molecule has 2 N–H and O–H groups in total. The van der Waals surface area contributed by atoms with Crippen molar-refractivity contribution in [2.45, 2.75) is 18.4 Å². The molecule has 1 aromatic heterocycles. The molecule has 1 heterocycles. The summed E-state index contributed by atoms with van der Waals surface area (Å²) in [5, 5.41) is 2.84. The lowest BCUT2D eigenvalue weighted by atomic mass is 10.2. The Morgan fingerprint density at radius 2 is 1.63 bits per heavy atom. The first-order chi connectivity index (χ1) is 12.9. The third-order valence-electron chi connectivity index (χ3n) is 4.36. The molecule has 6 nitrogen and oxygen atoms in total. The molecule has 0 fully saturated rings. The Morgan fingerprint density at radius 3 is 2.22 bits per heavy atom. The van der Waals surface area contributed by atoms with Crippen LogP contribution in [0.1, 0.15) is 21.7 Å². The van der Waals surface area contributed by atoms with E-state index in [1.54, 1.807) is 24.3 Å². The molecule has 0 aliphatic carbocycles. The van der Waals surface area contributed by atoms with Crippen LogP contribution in [0.25, 0.3) is 0 Å². The van der Waals surface area contributed by atoms with Crippen molar-refractivity contribution in [3.8, 4) is 0 Å². The number of benzene rings is 2. The fourth-order valence-corrected chi connectivity index (χ4v) is 3.68. The zero-order valence-electron chi connectivity index (χ0n) is 15.1. The van der Waals surface area contributed by atoms with Gasteiger partial charge in [0.15, 0.2) is 0 Å². The maximum absolute atomic E-state index is 12.4. The van der Waals surface area contributed by atoms with E-state index in [1.165, 1.54) is 24.3 Å². The number of aryl methyl sites for hydroxylation is 1. The molecule has 7 heteroatoms. The number of carbonyl (C=O) groups is 1. The summed E-state index contributed by atoms with van der Waals surface area (Å²) in [5.74, 6) is -0.256. The second-order valence-corrected chi connectivity index (χ2v) is 7.89. The minimum absolute atomic E-state index is 0.0981. The number of nitrogens with zero attached hydrogens (tertiary/aromatic N) is 1. The summed E-state index contributed by atoms with van der Waals surface area (Å²) >= 11 is 0. The first-order valence-electron chi connectivity index (χ1n) is 8.44. The number of carbonyl (C=O) groups excluding carboxylic acids is 1. The second kappa shape index (κ2) is 7.67. The fraction of sp³-hybridized carbons (Fsp3) is 0.150. The Balaban J connectivity index is 1.67. The van der Waals surface area contributed by atoms with Gasteiger partial charge >= 0.3 is 0 Å². The van der Waals surface area contributed by atoms with Gasteiger partial charge in [0, 0.05) is 29.7 Å². The second-order valence-electron chi connectivity index (χ2n) is 6.20. The number of amides is 1. The zero-order chi connectivity index (χ0) is 19.4. The largest absolute Gasteiger partial charge is 0.350 e. The topological polar surface area (TPSA) is 80.2 Å². The number of rotatable bonds is 6. The van der Waals surface area contributed by atoms with E-state index in [1.807, 2.05) is 36.7 Å². The van der Waals surface area contributed by atoms with Crippen LogP contribution in [0.2, 0.25) is 0 Å². The minimum atomic E-state index is -3.70. The van der Waals surface area contributed by atoms with E-state index in [-0.39, 0.29) is 10.8 Å². The summed E-state index contributed by atoms with van der Waals surface area (Å²) in [6.45, 7) is 2.40. The number of hydrogen-bond acceptors (Lipinski definition) is 3. The lowest BCUT2D eigenvalue weighted by Gasteiger charge is -2.10. The Bertz CT molecular complexity index is 1040. The number of para-hydroxylation sites is 1. The lowest BCUT2D eigenvalue weighted by Crippen LogP contribution is -2.24. The van der Waals surface area contributed by atoms with Crippen molar-refractivity contribution in [2.24, 2.45) is 7.05 Å². The number of nitrogens with one attached hydrogen (secondary N) is 2. The molecular weight excluding hydrogens is 362 g/mol. The van der Waals surface area contributed by atoms with E-state index < -0.39 is 10.0 Å². The summed E-state index contributed by atoms with van der Waals surface area (Å²) in [6.07, 6.45) is 0. The molecule has 0 unspecified atom stereocenters. The van der Waals surface area contributed by atoms with Crippen LogP contribution in [0.3, 0.4) is 0 Å². The van der Waals surface area contributed by atoms with Crippen LogP contribution in [0.15, 0.2) is 71.6 Å². The minimum Gasteiger partial charge on any atom is -0.350 e. The van der Waals surface area contributed by atoms with Crippen molar-refractivity contribution in [2.75, 3.05) is 4.72 Å². The molecule has 3 rings (SSSR count). The van der Waals surface area contributed by atoms with Crippen LogP contribution in [-0.2, 0) is 23.6 Å². The van der Waals surface area contributed by atoms with Crippen molar-refractivity contribution in [3.63, 3.8) is 0 Å². The number of anilines is 1. The van der Waals surface area contributed by atoms with Crippen LogP contribution in [0.4, 0.5) is 5.69 Å². The Morgan fingerprint density at radius 1 is 0.963 bits per heavy atom. The Kier molecular flexibility index (Phi) is 5.32. The molecule has 0 aliphatic rings. The molecular formula is C20H21N3O3S. The van der Waals surface area contributed by atoms with E-state index >= 15 is 0 Å². The molecule has 0 radical (unpaired) electrons. The number of aromatic nitrogens is 1. The van der Waals surface area contributed by atoms with Gasteiger partial charge in [0.05, 0.1) is 11.4 Å². The van der Waals surface area contributed by atoms with Crippen LogP contribution >= 0.6 is 0 Å². The van der Waals surface area contributed by atoms with Crippen molar-refractivity contribution >= 4 is 21.6 Å². The van der Waals surface area contributed by atoms with E-state index in [0.717, 1.165) is 11.4 Å². The van der Waals surface area contributed by atoms with Crippen LogP contribution in [-0.4, -0.2) is 18.9 Å². The van der Waals surface area contributed by atoms with Gasteiger partial charge in [-0.1, -0.05) is 18.2 Å². The molecule has 140 valence electrons. The first kappa shape index (κ1) is 18.7. The molecule has 2 aromatic carbocycles. The van der Waals surface area contributed by atoms with Crippen molar-refractivity contribution in [1.82, 2.24) is 9.88 Å². The third-order valence-corrected chi connectivity index (χ3v) is 5.76. The number of hydrogen-bond donors (Lipinski definition) is 2. The Labute approximate surface area is 158 Å². The molecule has 0 aliphatic heterocycles. The molecule has 1 amide bonds. The summed E-state index contributed by atoms with van der Waals surface area (Å²) < 4.78 is 29.4. The summed E-state index contributed by atoms with van der Waals surface area (Å²) in [6, 6.07) is 18.5. The Hall–Kier alpha value is -3.06. The van der Waals surface area contributed by atoms with Crippen LogP contribution in [0, 0.1) is 6.92 Å². The maximum Gasteiger partial charge on any atom is 0.261 e. The average Bonchev–Trinajstić information content (AvgIpc) is 2.98. The van der Waals surface area contributed by atoms with E-state index in [9.17, 15) is 13.2 Å². The maximum atomic E-state index is 12.4. The molecule has 0 spiro atoms. The average molecular weight is 383 g/mol. The zero-order valence-corrected chi connectivity index (χ0v) is 16.0. The van der Waals surface area contributed by atoms with Gasteiger partial charge in [-0.2, -0.15) is 0 Å². The predicted octanol–water partition coefficient (Wildman–Crippen LogP) is 3.06. The quantitative estimate of drug-likeness (QED) is 0.686. The van der Waals surface area contributed by atoms with Crippen molar-refractivity contribution in [1.29, 1.82) is 0 Å². The van der Waals surface area contributed by atoms with Gasteiger partial charge in [-0.15, -0.1) is 0 Å². The SMILES string of the molecule is Cc1ccc(CNC(=O)c2ccc(S(=O)(=O)Nc3ccccc3)cc2)n1C. The summed E-state index contributed by atoms with van der Waals surface area (Å²) in [5.41, 5.74) is 2.99. The monoisotopic (exact) mass is 383 g/mol. The normalized spacial score (nSPS) is 11.2. The highest BCUT2D eigenvalue weighted by molar-refractivity contribution is 7.92. The van der Waals surface area contributed by atoms with E-state index in [4.69, 9.17) is 0 Å². The molecule has 0 atom stereocenters. The van der Waals surface area contributed by atoms with E-state index in [2.05, 4.69) is 10.0 Å². The molecule has 27 heavy (non-hydrogen) atoms.